The molecule has 0 aliphatic carbocycles. The fraction of sp³-hybridized carbons (Fsp3) is 0.333. The first-order valence-corrected chi connectivity index (χ1v) is 6.75. The summed E-state index contributed by atoms with van der Waals surface area (Å²) in [4.78, 5) is -1.01. The van der Waals surface area contributed by atoms with Crippen LogP contribution in [0.2, 0.25) is 10.0 Å². The molecule has 0 spiro atoms. The third-order valence-electron chi connectivity index (χ3n) is 1.63. The average molecular weight is 354 g/mol. The molecule has 0 N–H and O–H groups in total. The van der Waals surface area contributed by atoms with Gasteiger partial charge in [-0.05, 0) is 18.2 Å². The summed E-state index contributed by atoms with van der Waals surface area (Å²) in [6.45, 7) is 0. The van der Waals surface area contributed by atoms with Crippen molar-refractivity contribution in [2.75, 3.05) is 5.75 Å². The number of benzene rings is 1. The molecule has 0 aliphatic heterocycles. The Kier molecular flexibility index (Phi) is 5.29. The van der Waals surface area contributed by atoms with E-state index in [1.807, 2.05) is 0 Å². The summed E-state index contributed by atoms with van der Waals surface area (Å²) in [5, 5.41) is 0.848. The molecule has 1 aromatic rings. The third-order valence-corrected chi connectivity index (χ3v) is 4.73. The van der Waals surface area contributed by atoms with Crippen molar-refractivity contribution in [1.29, 1.82) is 0 Å². The molecule has 0 aromatic heterocycles. The summed E-state index contributed by atoms with van der Waals surface area (Å²) in [5.41, 5.74) is 0. The molecule has 0 heterocycles. The Labute approximate surface area is 114 Å². The van der Waals surface area contributed by atoms with E-state index in [1.54, 1.807) is 18.2 Å². The Morgan fingerprint density at radius 1 is 1.31 bits per heavy atom. The molecule has 0 radical (unpaired) electrons. The van der Waals surface area contributed by atoms with E-state index in [4.69, 9.17) is 23.2 Å². The highest BCUT2D eigenvalue weighted by molar-refractivity contribution is 9.09. The Hall–Kier alpha value is 0.420. The molecule has 1 rings (SSSR count). The molecule has 0 saturated heterocycles. The largest absolute Gasteiger partial charge is 0.402 e. The molecule has 0 saturated carbocycles. The van der Waals surface area contributed by atoms with Crippen LogP contribution in [0.25, 0.3) is 0 Å². The highest BCUT2D eigenvalue weighted by Gasteiger charge is 2.37. The number of halogens is 6. The summed E-state index contributed by atoms with van der Waals surface area (Å²) in [5.74, 6) is -0.149. The highest BCUT2D eigenvalue weighted by Crippen LogP contribution is 2.35. The smallest absolute Gasteiger partial charge is 0.170 e. The van der Waals surface area contributed by atoms with Crippen molar-refractivity contribution in [3.05, 3.63) is 28.2 Å². The van der Waals surface area contributed by atoms with E-state index < -0.39 is 11.0 Å². The molecule has 0 nitrogen and oxygen atoms in total. The molecular formula is C9H6BrCl2F3S. The van der Waals surface area contributed by atoms with Gasteiger partial charge < -0.3 is 0 Å². The maximum Gasteiger partial charge on any atom is 0.402 e. The van der Waals surface area contributed by atoms with Crippen LogP contribution >= 0.6 is 50.9 Å². The van der Waals surface area contributed by atoms with Crippen molar-refractivity contribution < 1.29 is 13.2 Å². The Bertz CT molecular complexity index is 370. The first-order valence-electron chi connectivity index (χ1n) is 4.09. The molecule has 1 unspecified atom stereocenters. The van der Waals surface area contributed by atoms with E-state index in [-0.39, 0.29) is 5.75 Å². The van der Waals surface area contributed by atoms with Crippen LogP contribution in [-0.2, 0) is 0 Å². The zero-order chi connectivity index (χ0) is 12.3. The minimum absolute atomic E-state index is 0.149. The number of rotatable bonds is 3. The van der Waals surface area contributed by atoms with Gasteiger partial charge in [0.2, 0.25) is 0 Å². The van der Waals surface area contributed by atoms with E-state index in [0.29, 0.717) is 14.9 Å². The van der Waals surface area contributed by atoms with Crippen LogP contribution in [0, 0.1) is 0 Å². The van der Waals surface area contributed by atoms with Crippen molar-refractivity contribution in [2.45, 2.75) is 15.9 Å². The number of hydrogen-bond acceptors (Lipinski definition) is 1. The van der Waals surface area contributed by atoms with Crippen LogP contribution in [0.1, 0.15) is 0 Å². The van der Waals surface area contributed by atoms with Crippen LogP contribution in [0.4, 0.5) is 13.2 Å². The predicted molar refractivity (Wildman–Crippen MR) is 66.0 cm³/mol. The van der Waals surface area contributed by atoms with E-state index in [1.165, 1.54) is 0 Å². The van der Waals surface area contributed by atoms with Gasteiger partial charge in [-0.25, -0.2) is 0 Å². The lowest BCUT2D eigenvalue weighted by Crippen LogP contribution is -2.24. The van der Waals surface area contributed by atoms with Gasteiger partial charge in [-0.15, -0.1) is 11.8 Å². The first-order chi connectivity index (χ1) is 7.30. The zero-order valence-electron chi connectivity index (χ0n) is 7.69. The summed E-state index contributed by atoms with van der Waals surface area (Å²) in [7, 11) is 0. The van der Waals surface area contributed by atoms with Crippen LogP contribution in [0.5, 0.6) is 0 Å². The van der Waals surface area contributed by atoms with Crippen molar-refractivity contribution in [1.82, 2.24) is 0 Å². The molecule has 0 aliphatic rings. The first kappa shape index (κ1) is 14.5. The number of alkyl halides is 4. The quantitative estimate of drug-likeness (QED) is 0.517. The maximum absolute atomic E-state index is 12.2. The fourth-order valence-corrected chi connectivity index (χ4v) is 2.69. The van der Waals surface area contributed by atoms with Crippen LogP contribution in [0.3, 0.4) is 0 Å². The summed E-state index contributed by atoms with van der Waals surface area (Å²) in [6.07, 6.45) is -4.25. The SMILES string of the molecule is FC(F)(F)C(Br)CSc1cc(Cl)ccc1Cl. The second kappa shape index (κ2) is 5.85. The highest BCUT2D eigenvalue weighted by atomic mass is 79.9. The van der Waals surface area contributed by atoms with Crippen molar-refractivity contribution >= 4 is 50.9 Å². The van der Waals surface area contributed by atoms with Gasteiger partial charge in [0.05, 0.1) is 5.02 Å². The van der Waals surface area contributed by atoms with Crippen molar-refractivity contribution in [3.8, 4) is 0 Å². The molecule has 0 fully saturated rings. The van der Waals surface area contributed by atoms with Gasteiger partial charge in [-0.3, -0.25) is 0 Å². The summed E-state index contributed by atoms with van der Waals surface area (Å²) < 4.78 is 36.6. The average Bonchev–Trinajstić information content (AvgIpc) is 2.17. The lowest BCUT2D eigenvalue weighted by molar-refractivity contribution is -0.122. The maximum atomic E-state index is 12.2. The molecule has 0 amide bonds. The van der Waals surface area contributed by atoms with Gasteiger partial charge in [-0.2, -0.15) is 13.2 Å². The standard InChI is InChI=1S/C9H6BrCl2F3S/c10-8(9(13,14)15)4-16-7-3-5(11)1-2-6(7)12/h1-3,8H,4H2. The second-order valence-corrected chi connectivity index (χ2v) is 5.91. The van der Waals surface area contributed by atoms with E-state index in [9.17, 15) is 13.2 Å². The summed E-state index contributed by atoms with van der Waals surface area (Å²) >= 11 is 15.1. The number of thioether (sulfide) groups is 1. The van der Waals surface area contributed by atoms with E-state index in [0.717, 1.165) is 11.8 Å². The van der Waals surface area contributed by atoms with Crippen molar-refractivity contribution in [3.63, 3.8) is 0 Å². The zero-order valence-corrected chi connectivity index (χ0v) is 11.6. The molecule has 1 aromatic carbocycles. The van der Waals surface area contributed by atoms with E-state index in [2.05, 4.69) is 15.9 Å². The molecule has 16 heavy (non-hydrogen) atoms. The normalized spacial score (nSPS) is 13.9. The molecule has 90 valence electrons. The van der Waals surface area contributed by atoms with Crippen LogP contribution < -0.4 is 0 Å². The summed E-state index contributed by atoms with van der Waals surface area (Å²) in [6, 6.07) is 4.69. The van der Waals surface area contributed by atoms with Crippen LogP contribution in [0.15, 0.2) is 23.1 Å². The molecular weight excluding hydrogens is 348 g/mol. The van der Waals surface area contributed by atoms with Gasteiger partial charge >= 0.3 is 6.18 Å². The minimum atomic E-state index is -4.25. The van der Waals surface area contributed by atoms with Gasteiger partial charge in [0.25, 0.3) is 0 Å². The lowest BCUT2D eigenvalue weighted by atomic mass is 10.4. The molecule has 0 bridgehead atoms. The lowest BCUT2D eigenvalue weighted by Gasteiger charge is -2.13. The molecule has 7 heteroatoms. The van der Waals surface area contributed by atoms with Crippen molar-refractivity contribution in [2.24, 2.45) is 0 Å². The Morgan fingerprint density at radius 3 is 2.50 bits per heavy atom. The van der Waals surface area contributed by atoms with Gasteiger partial charge in [0.1, 0.15) is 4.83 Å². The number of hydrogen-bond donors (Lipinski definition) is 0. The molecule has 1 atom stereocenters. The fourth-order valence-electron chi connectivity index (χ4n) is 0.845. The van der Waals surface area contributed by atoms with Gasteiger partial charge in [0, 0.05) is 15.7 Å². The van der Waals surface area contributed by atoms with Crippen LogP contribution in [-0.4, -0.2) is 16.8 Å². The Balaban J connectivity index is 2.64. The minimum Gasteiger partial charge on any atom is -0.170 e. The third kappa shape index (κ3) is 4.35. The topological polar surface area (TPSA) is 0 Å². The van der Waals surface area contributed by atoms with Gasteiger partial charge in [-0.1, -0.05) is 39.1 Å². The van der Waals surface area contributed by atoms with E-state index >= 15 is 0 Å². The monoisotopic (exact) mass is 352 g/mol. The Morgan fingerprint density at radius 2 is 1.94 bits per heavy atom. The predicted octanol–water partition coefficient (Wildman–Crippen LogP) is 5.41. The second-order valence-electron chi connectivity index (χ2n) is 2.89. The van der Waals surface area contributed by atoms with Gasteiger partial charge in [0.15, 0.2) is 0 Å².